The van der Waals surface area contributed by atoms with Gasteiger partial charge in [-0.3, -0.25) is 9.79 Å². The molecule has 0 fully saturated rings. The maximum atomic E-state index is 12.0. The first-order valence-electron chi connectivity index (χ1n) is 10.1. The van der Waals surface area contributed by atoms with Crippen LogP contribution in [0.2, 0.25) is 0 Å². The van der Waals surface area contributed by atoms with E-state index < -0.39 is 0 Å². The standard InChI is InChI=1S/C22H29N5O2/c1-3-4-12-29-21-16(8-7-11-24-21)14-25-22(23-2)26-15-17-13-20(28)27-19-10-6-5-9-18(17)19/h5-11,17H,3-4,12-15H2,1-2H3,(H,27,28)(H2,23,25,26). The zero-order valence-corrected chi connectivity index (χ0v) is 17.1. The molecule has 0 spiro atoms. The second-order valence-electron chi connectivity index (χ2n) is 7.01. The van der Waals surface area contributed by atoms with Crippen LogP contribution in [-0.2, 0) is 11.3 Å². The average molecular weight is 396 g/mol. The Balaban J connectivity index is 1.57. The topological polar surface area (TPSA) is 87.6 Å². The number of aromatic nitrogens is 1. The summed E-state index contributed by atoms with van der Waals surface area (Å²) in [5.41, 5.74) is 3.02. The van der Waals surface area contributed by atoms with Crippen molar-refractivity contribution in [3.63, 3.8) is 0 Å². The van der Waals surface area contributed by atoms with Gasteiger partial charge in [0.15, 0.2) is 5.96 Å². The minimum absolute atomic E-state index is 0.0441. The third-order valence-corrected chi connectivity index (χ3v) is 4.88. The molecule has 1 aliphatic heterocycles. The van der Waals surface area contributed by atoms with Crippen molar-refractivity contribution in [2.45, 2.75) is 38.6 Å². The third kappa shape index (κ3) is 5.70. The molecule has 0 radical (unpaired) electrons. The van der Waals surface area contributed by atoms with E-state index in [4.69, 9.17) is 4.74 Å². The number of ether oxygens (including phenoxy) is 1. The Morgan fingerprint density at radius 1 is 1.28 bits per heavy atom. The van der Waals surface area contributed by atoms with Crippen LogP contribution in [0.1, 0.15) is 43.2 Å². The molecular weight excluding hydrogens is 366 g/mol. The highest BCUT2D eigenvalue weighted by atomic mass is 16.5. The molecule has 2 heterocycles. The molecule has 1 aromatic heterocycles. The Morgan fingerprint density at radius 3 is 2.97 bits per heavy atom. The summed E-state index contributed by atoms with van der Waals surface area (Å²) in [6.45, 7) is 3.97. The van der Waals surface area contributed by atoms with Crippen LogP contribution in [0.5, 0.6) is 5.88 Å². The van der Waals surface area contributed by atoms with Crippen LogP contribution in [0.4, 0.5) is 5.69 Å². The molecule has 7 nitrogen and oxygen atoms in total. The first kappa shape index (κ1) is 20.6. The summed E-state index contributed by atoms with van der Waals surface area (Å²) in [6, 6.07) is 11.8. The average Bonchev–Trinajstić information content (AvgIpc) is 2.74. The van der Waals surface area contributed by atoms with Gasteiger partial charge in [0, 0.05) is 49.9 Å². The second kappa shape index (κ2) is 10.5. The fraction of sp³-hybridized carbons (Fsp3) is 0.409. The van der Waals surface area contributed by atoms with Gasteiger partial charge in [0.2, 0.25) is 11.8 Å². The van der Waals surface area contributed by atoms with Crippen LogP contribution in [0.25, 0.3) is 0 Å². The Bertz CT molecular complexity index is 853. The van der Waals surface area contributed by atoms with Crippen molar-refractivity contribution in [2.24, 2.45) is 4.99 Å². The van der Waals surface area contributed by atoms with Gasteiger partial charge in [-0.2, -0.15) is 0 Å². The predicted octanol–water partition coefficient (Wildman–Crippen LogP) is 3.05. The second-order valence-corrected chi connectivity index (χ2v) is 7.01. The first-order chi connectivity index (χ1) is 14.2. The van der Waals surface area contributed by atoms with Gasteiger partial charge in [0.05, 0.1) is 6.61 Å². The fourth-order valence-corrected chi connectivity index (χ4v) is 3.31. The molecule has 0 bridgehead atoms. The number of benzene rings is 1. The number of fused-ring (bicyclic) bond motifs is 1. The number of carbonyl (C=O) groups excluding carboxylic acids is 1. The molecular formula is C22H29N5O2. The quantitative estimate of drug-likeness (QED) is 0.363. The molecule has 7 heteroatoms. The van der Waals surface area contributed by atoms with Crippen molar-refractivity contribution in [2.75, 3.05) is 25.5 Å². The zero-order chi connectivity index (χ0) is 20.5. The summed E-state index contributed by atoms with van der Waals surface area (Å²) < 4.78 is 5.79. The van der Waals surface area contributed by atoms with E-state index in [2.05, 4.69) is 38.9 Å². The normalized spacial score (nSPS) is 16.0. The smallest absolute Gasteiger partial charge is 0.225 e. The van der Waals surface area contributed by atoms with Gasteiger partial charge in [-0.15, -0.1) is 0 Å². The highest BCUT2D eigenvalue weighted by Gasteiger charge is 2.24. The Hall–Kier alpha value is -3.09. The molecule has 154 valence electrons. The van der Waals surface area contributed by atoms with E-state index in [9.17, 15) is 4.79 Å². The van der Waals surface area contributed by atoms with Gasteiger partial charge in [-0.05, 0) is 24.1 Å². The van der Waals surface area contributed by atoms with Gasteiger partial charge in [-0.1, -0.05) is 37.6 Å². The molecule has 2 aromatic rings. The van der Waals surface area contributed by atoms with E-state index in [-0.39, 0.29) is 11.8 Å². The van der Waals surface area contributed by atoms with Crippen molar-refractivity contribution in [3.05, 3.63) is 53.7 Å². The molecule has 3 N–H and O–H groups in total. The van der Waals surface area contributed by atoms with E-state index in [1.54, 1.807) is 13.2 Å². The lowest BCUT2D eigenvalue weighted by molar-refractivity contribution is -0.116. The highest BCUT2D eigenvalue weighted by Crippen LogP contribution is 2.31. The largest absolute Gasteiger partial charge is 0.477 e. The van der Waals surface area contributed by atoms with E-state index >= 15 is 0 Å². The highest BCUT2D eigenvalue weighted by molar-refractivity contribution is 5.94. The number of carbonyl (C=O) groups is 1. The number of amides is 1. The number of hydrogen-bond acceptors (Lipinski definition) is 4. The molecule has 0 saturated carbocycles. The molecule has 0 aliphatic carbocycles. The Morgan fingerprint density at radius 2 is 2.14 bits per heavy atom. The van der Waals surface area contributed by atoms with Crippen LogP contribution in [0, 0.1) is 0 Å². The van der Waals surface area contributed by atoms with Crippen LogP contribution >= 0.6 is 0 Å². The van der Waals surface area contributed by atoms with Crippen LogP contribution in [-0.4, -0.2) is 37.1 Å². The van der Waals surface area contributed by atoms with Gasteiger partial charge < -0.3 is 20.7 Å². The number of nitrogens with one attached hydrogen (secondary N) is 3. The molecule has 1 amide bonds. The number of unbranched alkanes of at least 4 members (excludes halogenated alkanes) is 1. The van der Waals surface area contributed by atoms with E-state index in [1.165, 1.54) is 0 Å². The predicted molar refractivity (Wildman–Crippen MR) is 115 cm³/mol. The van der Waals surface area contributed by atoms with Crippen LogP contribution < -0.4 is 20.7 Å². The Labute approximate surface area is 172 Å². The SMILES string of the molecule is CCCCOc1ncccc1CNC(=NC)NCC1CC(=O)Nc2ccccc21. The number of anilines is 1. The number of aliphatic imine (C=N–C) groups is 1. The lowest BCUT2D eigenvalue weighted by Gasteiger charge is -2.26. The molecule has 1 aliphatic rings. The Kier molecular flexibility index (Phi) is 7.44. The summed E-state index contributed by atoms with van der Waals surface area (Å²) in [5, 5.41) is 9.58. The molecule has 29 heavy (non-hydrogen) atoms. The number of pyridine rings is 1. The van der Waals surface area contributed by atoms with Gasteiger partial charge in [0.1, 0.15) is 0 Å². The molecule has 3 rings (SSSR count). The lowest BCUT2D eigenvalue weighted by Crippen LogP contribution is -2.40. The maximum absolute atomic E-state index is 12.0. The molecule has 1 unspecified atom stereocenters. The number of nitrogens with zero attached hydrogens (tertiary/aromatic N) is 2. The third-order valence-electron chi connectivity index (χ3n) is 4.88. The van der Waals surface area contributed by atoms with Crippen molar-refractivity contribution in [1.29, 1.82) is 0 Å². The minimum atomic E-state index is 0.0441. The van der Waals surface area contributed by atoms with Crippen molar-refractivity contribution in [3.8, 4) is 5.88 Å². The van der Waals surface area contributed by atoms with E-state index in [0.29, 0.717) is 38.0 Å². The summed E-state index contributed by atoms with van der Waals surface area (Å²) in [6.07, 6.45) is 4.28. The van der Waals surface area contributed by atoms with E-state index in [1.807, 2.05) is 30.3 Å². The van der Waals surface area contributed by atoms with Crippen LogP contribution in [0.15, 0.2) is 47.6 Å². The number of rotatable bonds is 8. The van der Waals surface area contributed by atoms with Gasteiger partial charge in [0.25, 0.3) is 0 Å². The fourth-order valence-electron chi connectivity index (χ4n) is 3.31. The molecule has 0 saturated heterocycles. The first-order valence-corrected chi connectivity index (χ1v) is 10.1. The number of para-hydroxylation sites is 1. The van der Waals surface area contributed by atoms with Gasteiger partial charge in [-0.25, -0.2) is 4.98 Å². The number of hydrogen-bond donors (Lipinski definition) is 3. The summed E-state index contributed by atoms with van der Waals surface area (Å²) in [7, 11) is 1.73. The van der Waals surface area contributed by atoms with E-state index in [0.717, 1.165) is 29.7 Å². The molecule has 1 aromatic carbocycles. The maximum Gasteiger partial charge on any atom is 0.225 e. The monoisotopic (exact) mass is 395 g/mol. The van der Waals surface area contributed by atoms with Crippen molar-refractivity contribution < 1.29 is 9.53 Å². The van der Waals surface area contributed by atoms with Crippen molar-refractivity contribution >= 4 is 17.6 Å². The zero-order valence-electron chi connectivity index (χ0n) is 17.1. The lowest BCUT2D eigenvalue weighted by atomic mass is 9.90. The van der Waals surface area contributed by atoms with Crippen LogP contribution in [0.3, 0.4) is 0 Å². The summed E-state index contributed by atoms with van der Waals surface area (Å²) in [4.78, 5) is 20.6. The summed E-state index contributed by atoms with van der Waals surface area (Å²) in [5.74, 6) is 1.48. The molecule has 1 atom stereocenters. The van der Waals surface area contributed by atoms with Crippen molar-refractivity contribution in [1.82, 2.24) is 15.6 Å². The minimum Gasteiger partial charge on any atom is -0.477 e. The summed E-state index contributed by atoms with van der Waals surface area (Å²) >= 11 is 0. The number of guanidine groups is 1. The van der Waals surface area contributed by atoms with Gasteiger partial charge >= 0.3 is 0 Å².